The molecule has 0 aromatic heterocycles. The first-order valence-corrected chi connectivity index (χ1v) is 21.3. The first kappa shape index (κ1) is 32.6. The molecule has 8 aliphatic rings. The Kier molecular flexibility index (Phi) is 8.53. The topological polar surface area (TPSA) is 45.2 Å². The number of nitrogens with zero attached hydrogens (tertiary/aromatic N) is 2. The molecule has 6 atom stereocenters. The van der Waals surface area contributed by atoms with E-state index in [1.54, 1.807) is 22.3 Å². The quantitative estimate of drug-likeness (QED) is 0.275. The fraction of sp³-hybridized carbons (Fsp3) is 0.733. The van der Waals surface area contributed by atoms with Crippen molar-refractivity contribution in [3.8, 4) is 11.5 Å². The average molecular weight is 679 g/mol. The first-order chi connectivity index (χ1) is 24.6. The molecule has 50 heavy (non-hydrogen) atoms. The van der Waals surface area contributed by atoms with Crippen molar-refractivity contribution < 1.29 is 14.6 Å². The van der Waals surface area contributed by atoms with E-state index in [1.165, 1.54) is 142 Å². The van der Waals surface area contributed by atoms with E-state index in [9.17, 15) is 5.11 Å². The summed E-state index contributed by atoms with van der Waals surface area (Å²) in [6.45, 7) is 5.73. The first-order valence-electron chi connectivity index (χ1n) is 21.3. The van der Waals surface area contributed by atoms with Gasteiger partial charge in [-0.3, -0.25) is 9.80 Å². The van der Waals surface area contributed by atoms with Gasteiger partial charge >= 0.3 is 0 Å². The summed E-state index contributed by atoms with van der Waals surface area (Å²) < 4.78 is 12.7. The minimum Gasteiger partial charge on any atom is -0.491 e. The summed E-state index contributed by atoms with van der Waals surface area (Å²) in [7, 11) is 0. The molecule has 4 bridgehead atoms. The molecule has 2 heterocycles. The van der Waals surface area contributed by atoms with Gasteiger partial charge < -0.3 is 14.6 Å². The molecule has 1 N–H and O–H groups in total. The van der Waals surface area contributed by atoms with Crippen LogP contribution in [-0.2, 0) is 23.7 Å². The number of rotatable bonds is 10. The van der Waals surface area contributed by atoms with Gasteiger partial charge in [-0.05, 0) is 160 Å². The molecule has 2 aromatic rings. The van der Waals surface area contributed by atoms with Crippen molar-refractivity contribution in [3.63, 3.8) is 0 Å². The Morgan fingerprint density at radius 2 is 1.08 bits per heavy atom. The number of fused-ring (bicyclic) bond motifs is 2. The van der Waals surface area contributed by atoms with Crippen molar-refractivity contribution in [2.75, 3.05) is 39.4 Å². The van der Waals surface area contributed by atoms with Crippen LogP contribution in [0.2, 0.25) is 0 Å². The van der Waals surface area contributed by atoms with Gasteiger partial charge in [0.25, 0.3) is 0 Å². The van der Waals surface area contributed by atoms with E-state index >= 15 is 0 Å². The van der Waals surface area contributed by atoms with Crippen molar-refractivity contribution in [1.82, 2.24) is 9.80 Å². The number of piperidine rings is 2. The lowest BCUT2D eigenvalue weighted by molar-refractivity contribution is -0.0242. The van der Waals surface area contributed by atoms with E-state index < -0.39 is 6.10 Å². The highest BCUT2D eigenvalue weighted by Crippen LogP contribution is 2.58. The molecular weight excluding hydrogens is 617 g/mol. The lowest BCUT2D eigenvalue weighted by Gasteiger charge is -2.59. The highest BCUT2D eigenvalue weighted by Gasteiger charge is 2.55. The molecule has 6 fully saturated rings. The number of benzene rings is 2. The van der Waals surface area contributed by atoms with Crippen LogP contribution in [0.3, 0.4) is 0 Å². The predicted molar refractivity (Wildman–Crippen MR) is 199 cm³/mol. The van der Waals surface area contributed by atoms with Crippen molar-refractivity contribution >= 4 is 0 Å². The SMILES string of the molecule is OC(COc1ccc2c(c1)[C@@]13CCCC[C@H]1[C@@H](C2)N(CC1CCC1)CC3)COc1ccc2c(c1)[C@@]13CCCC[C@H]1[C@@H](C2)N(CC1CCC1)CC3. The molecule has 2 aromatic carbocycles. The third-order valence-corrected chi connectivity index (χ3v) is 16.2. The van der Waals surface area contributed by atoms with Crippen molar-refractivity contribution in [2.24, 2.45) is 23.7 Å². The molecular formula is C45H62N2O3. The average Bonchev–Trinajstić information content (AvgIpc) is 3.11. The van der Waals surface area contributed by atoms with E-state index in [0.29, 0.717) is 10.8 Å². The van der Waals surface area contributed by atoms with Crippen LogP contribution in [0.25, 0.3) is 0 Å². The summed E-state index contributed by atoms with van der Waals surface area (Å²) in [5.74, 6) is 5.32. The van der Waals surface area contributed by atoms with Crippen molar-refractivity contribution in [3.05, 3.63) is 58.7 Å². The normalized spacial score (nSPS) is 35.2. The molecule has 0 spiro atoms. The van der Waals surface area contributed by atoms with Gasteiger partial charge in [-0.15, -0.1) is 0 Å². The third kappa shape index (κ3) is 5.49. The Balaban J connectivity index is 0.798. The van der Waals surface area contributed by atoms with E-state index in [1.807, 2.05) is 0 Å². The van der Waals surface area contributed by atoms with Crippen LogP contribution in [0.1, 0.15) is 125 Å². The van der Waals surface area contributed by atoms with Gasteiger partial charge in [-0.1, -0.05) is 50.7 Å². The van der Waals surface area contributed by atoms with Gasteiger partial charge in [0.2, 0.25) is 0 Å². The van der Waals surface area contributed by atoms with E-state index in [4.69, 9.17) is 9.47 Å². The monoisotopic (exact) mass is 678 g/mol. The minimum atomic E-state index is -0.665. The zero-order valence-corrected chi connectivity index (χ0v) is 30.6. The molecule has 0 amide bonds. The molecule has 0 radical (unpaired) electrons. The number of hydrogen-bond acceptors (Lipinski definition) is 5. The minimum absolute atomic E-state index is 0.266. The van der Waals surface area contributed by atoms with Crippen LogP contribution in [-0.4, -0.2) is 72.5 Å². The third-order valence-electron chi connectivity index (χ3n) is 16.2. The van der Waals surface area contributed by atoms with Crippen LogP contribution >= 0.6 is 0 Å². The summed E-state index contributed by atoms with van der Waals surface area (Å²) in [5, 5.41) is 11.1. The smallest absolute Gasteiger partial charge is 0.122 e. The van der Waals surface area contributed by atoms with Crippen molar-refractivity contribution in [2.45, 2.75) is 145 Å². The summed E-state index contributed by atoms with van der Waals surface area (Å²) in [4.78, 5) is 5.82. The Morgan fingerprint density at radius 3 is 1.52 bits per heavy atom. The number of aliphatic hydroxyl groups excluding tert-OH is 1. The molecule has 6 aliphatic carbocycles. The summed E-state index contributed by atoms with van der Waals surface area (Å²) in [6, 6.07) is 15.3. The van der Waals surface area contributed by atoms with Gasteiger partial charge in [0, 0.05) is 36.0 Å². The van der Waals surface area contributed by atoms with Gasteiger partial charge in [-0.2, -0.15) is 0 Å². The number of aliphatic hydroxyl groups is 1. The van der Waals surface area contributed by atoms with E-state index in [2.05, 4.69) is 46.2 Å². The second kappa shape index (κ2) is 13.1. The molecule has 270 valence electrons. The number of likely N-dealkylation sites (tertiary alicyclic amines) is 2. The Morgan fingerprint density at radius 1 is 0.600 bits per heavy atom. The fourth-order valence-corrected chi connectivity index (χ4v) is 13.2. The molecule has 2 saturated heterocycles. The van der Waals surface area contributed by atoms with Crippen LogP contribution < -0.4 is 9.47 Å². The zero-order valence-electron chi connectivity index (χ0n) is 30.6. The van der Waals surface area contributed by atoms with Crippen LogP contribution in [0.5, 0.6) is 11.5 Å². The van der Waals surface area contributed by atoms with Gasteiger partial charge in [-0.25, -0.2) is 0 Å². The molecule has 5 heteroatoms. The Hall–Kier alpha value is -2.08. The molecule has 5 nitrogen and oxygen atoms in total. The fourth-order valence-electron chi connectivity index (χ4n) is 13.2. The van der Waals surface area contributed by atoms with Gasteiger partial charge in [0.1, 0.15) is 30.8 Å². The molecule has 2 aliphatic heterocycles. The van der Waals surface area contributed by atoms with E-state index in [-0.39, 0.29) is 13.2 Å². The largest absolute Gasteiger partial charge is 0.491 e. The summed E-state index contributed by atoms with van der Waals surface area (Å²) in [5.41, 5.74) is 6.93. The molecule has 10 rings (SSSR count). The van der Waals surface area contributed by atoms with E-state index in [0.717, 1.165) is 47.3 Å². The maximum atomic E-state index is 11.1. The van der Waals surface area contributed by atoms with Gasteiger partial charge in [0.15, 0.2) is 0 Å². The standard InChI is InChI=1S/C45H62N2O3/c48-35(29-49-36-15-13-33-23-42-38-11-1-3-17-44(38,40(33)25-36)19-21-46(42)27-31-7-5-8-31)30-50-37-16-14-34-24-43-39-12-2-4-18-45(39,41(34)26-37)20-22-47(43)28-32-9-6-10-32/h13-16,25-26,31-32,35,38-39,42-43,48H,1-12,17-24,27-30H2/t38-,39-,42+,43+,44+,45+/m0/s1. The Bertz CT molecular complexity index is 1440. The second-order valence-electron chi connectivity index (χ2n) is 18.6. The molecule has 4 saturated carbocycles. The van der Waals surface area contributed by atoms with Crippen LogP contribution in [0.15, 0.2) is 36.4 Å². The van der Waals surface area contributed by atoms with Crippen LogP contribution in [0, 0.1) is 23.7 Å². The Labute approximate surface area is 301 Å². The lowest BCUT2D eigenvalue weighted by atomic mass is 9.52. The zero-order chi connectivity index (χ0) is 33.3. The maximum Gasteiger partial charge on any atom is 0.122 e. The van der Waals surface area contributed by atoms with Gasteiger partial charge in [0.05, 0.1) is 0 Å². The maximum absolute atomic E-state index is 11.1. The highest BCUT2D eigenvalue weighted by atomic mass is 16.5. The second-order valence-corrected chi connectivity index (χ2v) is 18.6. The van der Waals surface area contributed by atoms with Crippen LogP contribution in [0.4, 0.5) is 0 Å². The molecule has 0 unspecified atom stereocenters. The number of ether oxygens (including phenoxy) is 2. The predicted octanol–water partition coefficient (Wildman–Crippen LogP) is 8.22. The summed E-state index contributed by atoms with van der Waals surface area (Å²) in [6.07, 6.45) is 23.9. The lowest BCUT2D eigenvalue weighted by Crippen LogP contribution is -2.61. The van der Waals surface area contributed by atoms with Crippen molar-refractivity contribution in [1.29, 1.82) is 0 Å². The highest BCUT2D eigenvalue weighted by molar-refractivity contribution is 5.47. The number of hydrogen-bond donors (Lipinski definition) is 1. The summed E-state index contributed by atoms with van der Waals surface area (Å²) >= 11 is 0.